The van der Waals surface area contributed by atoms with Crippen molar-refractivity contribution in [3.63, 3.8) is 0 Å². The Bertz CT molecular complexity index is 1170. The van der Waals surface area contributed by atoms with Gasteiger partial charge in [0.05, 0.1) is 28.5 Å². The Morgan fingerprint density at radius 3 is 2.75 bits per heavy atom. The minimum absolute atomic E-state index is 0.0670. The molecular weight excluding hydrogens is 402 g/mol. The highest BCUT2D eigenvalue weighted by Gasteiger charge is 2.36. The van der Waals surface area contributed by atoms with Crippen molar-refractivity contribution in [1.29, 1.82) is 0 Å². The summed E-state index contributed by atoms with van der Waals surface area (Å²) >= 11 is 12.2. The number of fused-ring (bicyclic) bond motifs is 2. The van der Waals surface area contributed by atoms with Crippen LogP contribution >= 0.6 is 23.2 Å². The van der Waals surface area contributed by atoms with Crippen molar-refractivity contribution in [2.75, 3.05) is 5.32 Å². The number of aromatic amines is 1. The van der Waals surface area contributed by atoms with Crippen molar-refractivity contribution in [3.8, 4) is 0 Å². The van der Waals surface area contributed by atoms with E-state index in [0.717, 1.165) is 11.1 Å². The Morgan fingerprint density at radius 2 is 2.04 bits per heavy atom. The number of halogens is 2. The Hall–Kier alpha value is -2.71. The van der Waals surface area contributed by atoms with Gasteiger partial charge in [-0.1, -0.05) is 29.3 Å². The van der Waals surface area contributed by atoms with Crippen molar-refractivity contribution >= 4 is 48.4 Å². The molecule has 3 heterocycles. The van der Waals surface area contributed by atoms with E-state index in [4.69, 9.17) is 31.0 Å². The molecule has 2 aromatic heterocycles. The van der Waals surface area contributed by atoms with Gasteiger partial charge in [-0.25, -0.2) is 9.78 Å². The summed E-state index contributed by atoms with van der Waals surface area (Å²) in [5.41, 5.74) is 1.65. The molecular formula is C18H13BCl2N4O3. The predicted molar refractivity (Wildman–Crippen MR) is 107 cm³/mol. The molecule has 0 bridgehead atoms. The number of H-pyrrole nitrogens is 1. The SMILES string of the molecule is [B]c1nc(C(=O)O)c2n1C(C)c1cc(Cl)ccc1C2Nc1cc(Cl)c[nH]c1=O. The number of aromatic carboxylic acids is 1. The van der Waals surface area contributed by atoms with Crippen LogP contribution in [0.4, 0.5) is 5.69 Å². The first kappa shape index (κ1) is 18.6. The number of imidazole rings is 1. The van der Waals surface area contributed by atoms with Gasteiger partial charge in [0.25, 0.3) is 5.56 Å². The first-order valence-electron chi connectivity index (χ1n) is 8.33. The maximum atomic E-state index is 12.3. The molecule has 3 N–H and O–H groups in total. The standard InChI is InChI=1S/C18H13BCl2N4O3/c1-7-11-4-8(20)2-3-10(11)13(23-12-5-9(21)6-22-16(12)26)15-14(17(27)28)24-18(19)25(7)15/h2-7,13,23H,1H3,(H,22,26)(H,27,28). The third-order valence-corrected chi connectivity index (χ3v) is 5.27. The summed E-state index contributed by atoms with van der Waals surface area (Å²) in [6.07, 6.45) is 1.37. The Labute approximate surface area is 170 Å². The van der Waals surface area contributed by atoms with Crippen LogP contribution in [0.3, 0.4) is 0 Å². The lowest BCUT2D eigenvalue weighted by Gasteiger charge is -2.34. The zero-order valence-electron chi connectivity index (χ0n) is 14.5. The molecule has 140 valence electrons. The van der Waals surface area contributed by atoms with Crippen LogP contribution in [0.5, 0.6) is 0 Å². The molecule has 2 unspecified atom stereocenters. The zero-order valence-corrected chi connectivity index (χ0v) is 16.0. The topological polar surface area (TPSA) is 100 Å². The van der Waals surface area contributed by atoms with Crippen LogP contribution < -0.4 is 16.6 Å². The van der Waals surface area contributed by atoms with Crippen molar-refractivity contribution in [2.24, 2.45) is 0 Å². The number of nitrogens with one attached hydrogen (secondary N) is 2. The van der Waals surface area contributed by atoms with Gasteiger partial charge in [0.15, 0.2) is 13.5 Å². The number of carbonyl (C=O) groups is 1. The van der Waals surface area contributed by atoms with E-state index in [9.17, 15) is 14.7 Å². The second kappa shape index (κ2) is 6.72. The second-order valence-electron chi connectivity index (χ2n) is 6.47. The minimum atomic E-state index is -1.21. The molecule has 0 saturated heterocycles. The van der Waals surface area contributed by atoms with Crippen molar-refractivity contribution in [1.82, 2.24) is 14.5 Å². The summed E-state index contributed by atoms with van der Waals surface area (Å²) < 4.78 is 1.64. The van der Waals surface area contributed by atoms with Crippen LogP contribution in [0.2, 0.25) is 10.0 Å². The highest BCUT2D eigenvalue weighted by molar-refractivity contribution is 6.31. The van der Waals surface area contributed by atoms with Crippen LogP contribution in [-0.2, 0) is 0 Å². The average Bonchev–Trinajstić information content (AvgIpc) is 2.99. The summed E-state index contributed by atoms with van der Waals surface area (Å²) in [6, 6.07) is 5.78. The second-order valence-corrected chi connectivity index (χ2v) is 7.34. The van der Waals surface area contributed by atoms with E-state index in [1.54, 1.807) is 22.8 Å². The smallest absolute Gasteiger partial charge is 0.356 e. The van der Waals surface area contributed by atoms with Crippen LogP contribution in [-0.4, -0.2) is 33.5 Å². The number of benzene rings is 1. The molecule has 7 nitrogen and oxygen atoms in total. The van der Waals surface area contributed by atoms with Gasteiger partial charge >= 0.3 is 5.97 Å². The van der Waals surface area contributed by atoms with Crippen molar-refractivity contribution < 1.29 is 9.90 Å². The van der Waals surface area contributed by atoms with Gasteiger partial charge in [0.2, 0.25) is 0 Å². The molecule has 0 spiro atoms. The van der Waals surface area contributed by atoms with Gasteiger partial charge in [-0.3, -0.25) is 4.79 Å². The van der Waals surface area contributed by atoms with E-state index in [-0.39, 0.29) is 23.1 Å². The number of aromatic nitrogens is 3. The lowest BCUT2D eigenvalue weighted by Crippen LogP contribution is -2.33. The van der Waals surface area contributed by atoms with E-state index in [0.29, 0.717) is 15.7 Å². The Kier molecular flexibility index (Phi) is 4.48. The highest BCUT2D eigenvalue weighted by Crippen LogP contribution is 2.40. The third-order valence-electron chi connectivity index (χ3n) is 4.82. The molecule has 28 heavy (non-hydrogen) atoms. The van der Waals surface area contributed by atoms with E-state index < -0.39 is 17.6 Å². The molecule has 1 aliphatic heterocycles. The fourth-order valence-electron chi connectivity index (χ4n) is 3.63. The molecule has 0 amide bonds. The van der Waals surface area contributed by atoms with Gasteiger partial charge < -0.3 is 20.0 Å². The van der Waals surface area contributed by atoms with Gasteiger partial charge in [0.1, 0.15) is 5.69 Å². The predicted octanol–water partition coefficient (Wildman–Crippen LogP) is 2.49. The molecule has 4 rings (SSSR count). The number of hydrogen-bond acceptors (Lipinski definition) is 4. The summed E-state index contributed by atoms with van der Waals surface area (Å²) in [4.78, 5) is 30.6. The molecule has 0 aliphatic carbocycles. The number of rotatable bonds is 3. The van der Waals surface area contributed by atoms with Gasteiger partial charge in [-0.2, -0.15) is 0 Å². The summed E-state index contributed by atoms with van der Waals surface area (Å²) in [5, 5.41) is 13.6. The summed E-state index contributed by atoms with van der Waals surface area (Å²) in [7, 11) is 6.03. The van der Waals surface area contributed by atoms with Gasteiger partial charge in [0, 0.05) is 11.2 Å². The number of anilines is 1. The van der Waals surface area contributed by atoms with E-state index in [1.165, 1.54) is 12.3 Å². The fourth-order valence-corrected chi connectivity index (χ4v) is 3.97. The van der Waals surface area contributed by atoms with E-state index in [2.05, 4.69) is 15.3 Å². The zero-order chi connectivity index (χ0) is 20.2. The number of nitrogens with zero attached hydrogens (tertiary/aromatic N) is 2. The first-order chi connectivity index (χ1) is 13.3. The van der Waals surface area contributed by atoms with Crippen LogP contribution in [0.15, 0.2) is 35.3 Å². The van der Waals surface area contributed by atoms with Crippen LogP contribution in [0, 0.1) is 0 Å². The fraction of sp³-hybridized carbons (Fsp3) is 0.167. The maximum absolute atomic E-state index is 12.3. The summed E-state index contributed by atoms with van der Waals surface area (Å²) in [5.74, 6) is -1.21. The van der Waals surface area contributed by atoms with Crippen molar-refractivity contribution in [3.05, 3.63) is 73.4 Å². The van der Waals surface area contributed by atoms with Gasteiger partial charge in [-0.15, -0.1) is 0 Å². The van der Waals surface area contributed by atoms with Crippen LogP contribution in [0.1, 0.15) is 46.3 Å². The van der Waals surface area contributed by atoms with E-state index in [1.807, 2.05) is 6.92 Å². The molecule has 1 aromatic carbocycles. The maximum Gasteiger partial charge on any atom is 0.356 e. The highest BCUT2D eigenvalue weighted by atomic mass is 35.5. The monoisotopic (exact) mass is 414 g/mol. The number of carboxylic acid groups (broad SMARTS) is 1. The third kappa shape index (κ3) is 2.89. The number of hydrogen-bond donors (Lipinski definition) is 3. The molecule has 2 radical (unpaired) electrons. The summed E-state index contributed by atoms with van der Waals surface area (Å²) in [6.45, 7) is 1.88. The molecule has 0 fully saturated rings. The number of carboxylic acids is 1. The van der Waals surface area contributed by atoms with Crippen LogP contribution in [0.25, 0.3) is 0 Å². The first-order valence-corrected chi connectivity index (χ1v) is 9.08. The van der Waals surface area contributed by atoms with Gasteiger partial charge in [-0.05, 0) is 36.2 Å². The molecule has 1 aliphatic rings. The largest absolute Gasteiger partial charge is 0.476 e. The lowest BCUT2D eigenvalue weighted by atomic mass is 9.88. The Morgan fingerprint density at radius 1 is 1.29 bits per heavy atom. The quantitative estimate of drug-likeness (QED) is 0.571. The number of pyridine rings is 1. The molecule has 3 aromatic rings. The molecule has 2 atom stereocenters. The minimum Gasteiger partial charge on any atom is -0.476 e. The average molecular weight is 415 g/mol. The Balaban J connectivity index is 1.97. The normalized spacial score (nSPS) is 17.7. The molecule has 10 heteroatoms. The van der Waals surface area contributed by atoms with Crippen molar-refractivity contribution in [2.45, 2.75) is 19.0 Å². The molecule has 0 saturated carbocycles. The lowest BCUT2D eigenvalue weighted by molar-refractivity contribution is 0.0689. The van der Waals surface area contributed by atoms with E-state index >= 15 is 0 Å².